The lowest BCUT2D eigenvalue weighted by Crippen LogP contribution is -2.30. The van der Waals surface area contributed by atoms with Crippen LogP contribution < -0.4 is 21.7 Å². The number of H-pyrrole nitrogens is 1. The molecule has 4 rings (SSSR count). The normalized spacial score (nSPS) is 17.0. The highest BCUT2D eigenvalue weighted by Gasteiger charge is 2.22. The van der Waals surface area contributed by atoms with Crippen LogP contribution in [0.5, 0.6) is 0 Å². The Labute approximate surface area is 168 Å². The lowest BCUT2D eigenvalue weighted by atomic mass is 10.1. The minimum absolute atomic E-state index is 0.152. The van der Waals surface area contributed by atoms with E-state index < -0.39 is 5.91 Å². The predicted octanol–water partition coefficient (Wildman–Crippen LogP) is 2.35. The van der Waals surface area contributed by atoms with Crippen LogP contribution in [0.25, 0.3) is 16.6 Å². The van der Waals surface area contributed by atoms with Crippen LogP contribution in [-0.2, 0) is 4.79 Å². The van der Waals surface area contributed by atoms with Gasteiger partial charge in [-0.05, 0) is 56.0 Å². The number of dihydropyridines is 1. The van der Waals surface area contributed by atoms with Gasteiger partial charge in [0.1, 0.15) is 11.4 Å². The first-order valence-electron chi connectivity index (χ1n) is 9.65. The van der Waals surface area contributed by atoms with Crippen LogP contribution in [0.2, 0.25) is 0 Å². The van der Waals surface area contributed by atoms with Gasteiger partial charge in [0, 0.05) is 29.4 Å². The Morgan fingerprint density at radius 2 is 2.10 bits per heavy atom. The van der Waals surface area contributed by atoms with Gasteiger partial charge in [-0.3, -0.25) is 10.2 Å². The summed E-state index contributed by atoms with van der Waals surface area (Å²) in [6.45, 7) is 4.09. The number of nitrogens with one attached hydrogen (secondary N) is 5. The summed E-state index contributed by atoms with van der Waals surface area (Å²) in [5.74, 6) is 0.533. The maximum atomic E-state index is 12.3. The Balaban J connectivity index is 1.53. The van der Waals surface area contributed by atoms with E-state index in [0.29, 0.717) is 23.0 Å². The summed E-state index contributed by atoms with van der Waals surface area (Å²) < 4.78 is 0. The number of fused-ring (bicyclic) bond motifs is 1. The number of nitrogens with two attached hydrogens (primary N) is 1. The van der Waals surface area contributed by atoms with E-state index in [2.05, 4.69) is 38.1 Å². The molecule has 1 aliphatic carbocycles. The Morgan fingerprint density at radius 1 is 1.31 bits per heavy atom. The molecule has 1 fully saturated rings. The van der Waals surface area contributed by atoms with E-state index in [0.717, 1.165) is 34.7 Å². The molecule has 8 heteroatoms. The molecular formula is C21H25N7O. The highest BCUT2D eigenvalue weighted by molar-refractivity contribution is 6.47. The van der Waals surface area contributed by atoms with Crippen molar-refractivity contribution >= 4 is 33.9 Å². The zero-order valence-corrected chi connectivity index (χ0v) is 16.5. The fourth-order valence-electron chi connectivity index (χ4n) is 3.06. The molecule has 2 aromatic heterocycles. The van der Waals surface area contributed by atoms with E-state index in [4.69, 9.17) is 11.1 Å². The van der Waals surface area contributed by atoms with Crippen molar-refractivity contribution in [1.29, 1.82) is 5.41 Å². The number of carbonyl (C=O) groups is 1. The van der Waals surface area contributed by atoms with E-state index in [9.17, 15) is 4.79 Å². The molecule has 150 valence electrons. The molecule has 0 atom stereocenters. The number of nitrogens with zero attached hydrogens (tertiary/aromatic N) is 1. The summed E-state index contributed by atoms with van der Waals surface area (Å²) in [4.78, 5) is 20.0. The largest absolute Gasteiger partial charge is 0.402 e. The highest BCUT2D eigenvalue weighted by atomic mass is 16.1. The summed E-state index contributed by atoms with van der Waals surface area (Å²) in [5.41, 5.74) is 9.78. The van der Waals surface area contributed by atoms with Gasteiger partial charge in [0.05, 0.1) is 17.7 Å². The SMILES string of the molecule is C/C(N)=C(\C)C(=N)C(=O)Nc1cnc2[nH]c(C3=CCNC(NC4CC4)=C3)cc2c1. The third kappa shape index (κ3) is 4.16. The number of rotatable bonds is 6. The van der Waals surface area contributed by atoms with Crippen molar-refractivity contribution < 1.29 is 4.79 Å². The summed E-state index contributed by atoms with van der Waals surface area (Å²) >= 11 is 0. The van der Waals surface area contributed by atoms with Crippen molar-refractivity contribution in [2.45, 2.75) is 32.7 Å². The highest BCUT2D eigenvalue weighted by Crippen LogP contribution is 2.26. The molecule has 0 spiro atoms. The number of aromatic amines is 1. The number of allylic oxidation sites excluding steroid dienone is 3. The second-order valence-electron chi connectivity index (χ2n) is 7.50. The minimum atomic E-state index is -0.510. The number of hydrogen-bond acceptors (Lipinski definition) is 6. The fraction of sp³-hybridized carbons (Fsp3) is 0.286. The molecule has 1 aliphatic heterocycles. The number of hydrogen-bond donors (Lipinski definition) is 6. The van der Waals surface area contributed by atoms with Gasteiger partial charge in [-0.1, -0.05) is 6.08 Å². The first-order valence-corrected chi connectivity index (χ1v) is 9.65. The molecule has 1 amide bonds. The Hall–Kier alpha value is -3.55. The predicted molar refractivity (Wildman–Crippen MR) is 115 cm³/mol. The molecule has 29 heavy (non-hydrogen) atoms. The molecule has 0 saturated heterocycles. The number of aromatic nitrogens is 2. The molecule has 8 nitrogen and oxygen atoms in total. The minimum Gasteiger partial charge on any atom is -0.402 e. The average molecular weight is 391 g/mol. The summed E-state index contributed by atoms with van der Waals surface area (Å²) in [7, 11) is 0. The molecule has 7 N–H and O–H groups in total. The fourth-order valence-corrected chi connectivity index (χ4v) is 3.06. The molecule has 0 unspecified atom stereocenters. The number of pyridine rings is 1. The van der Waals surface area contributed by atoms with Crippen LogP contribution in [0.3, 0.4) is 0 Å². The van der Waals surface area contributed by atoms with Crippen LogP contribution in [0, 0.1) is 5.41 Å². The third-order valence-electron chi connectivity index (χ3n) is 5.08. The molecule has 2 aliphatic rings. The van der Waals surface area contributed by atoms with Gasteiger partial charge in [-0.25, -0.2) is 4.98 Å². The van der Waals surface area contributed by atoms with E-state index in [-0.39, 0.29) is 5.71 Å². The van der Waals surface area contributed by atoms with Crippen LogP contribution >= 0.6 is 0 Å². The van der Waals surface area contributed by atoms with Crippen molar-refractivity contribution in [2.75, 3.05) is 11.9 Å². The first-order chi connectivity index (χ1) is 13.9. The Bertz CT molecular complexity index is 1080. The number of carbonyl (C=O) groups excluding carboxylic acids is 1. The van der Waals surface area contributed by atoms with Gasteiger partial charge in [-0.2, -0.15) is 0 Å². The summed E-state index contributed by atoms with van der Waals surface area (Å²) in [6.07, 6.45) is 8.24. The van der Waals surface area contributed by atoms with Crippen molar-refractivity contribution in [3.8, 4) is 0 Å². The molecule has 0 bridgehead atoms. The Kier molecular flexibility index (Phi) is 4.84. The standard InChI is InChI=1S/C21H25N7O/c1-11(12(2)22)19(23)21(29)27-16-7-14-8-17(28-20(14)25-10-16)13-5-6-24-18(9-13)26-15-3-4-15/h5,7-10,15,23-24,26H,3-4,6,22H2,1-2H3,(H,25,28)(H,27,29)/b12-11-,23-19?. The lowest BCUT2D eigenvalue weighted by Gasteiger charge is -2.17. The van der Waals surface area contributed by atoms with Gasteiger partial charge in [0.25, 0.3) is 5.91 Å². The monoisotopic (exact) mass is 391 g/mol. The van der Waals surface area contributed by atoms with Crippen molar-refractivity contribution in [1.82, 2.24) is 20.6 Å². The van der Waals surface area contributed by atoms with Crippen molar-refractivity contribution in [3.05, 3.63) is 53.3 Å². The molecule has 2 aromatic rings. The second-order valence-corrected chi connectivity index (χ2v) is 7.50. The van der Waals surface area contributed by atoms with Crippen molar-refractivity contribution in [2.24, 2.45) is 5.73 Å². The molecule has 1 saturated carbocycles. The smallest absolute Gasteiger partial charge is 0.273 e. The first kappa shape index (κ1) is 18.8. The van der Waals surface area contributed by atoms with Crippen LogP contribution in [0.4, 0.5) is 5.69 Å². The summed E-state index contributed by atoms with van der Waals surface area (Å²) in [5, 5.41) is 18.4. The van der Waals surface area contributed by atoms with E-state index in [1.165, 1.54) is 12.8 Å². The van der Waals surface area contributed by atoms with E-state index >= 15 is 0 Å². The van der Waals surface area contributed by atoms with Gasteiger partial charge in [-0.15, -0.1) is 0 Å². The second kappa shape index (κ2) is 7.46. The van der Waals surface area contributed by atoms with E-state index in [1.54, 1.807) is 20.0 Å². The van der Waals surface area contributed by atoms with Crippen LogP contribution in [0.15, 0.2) is 47.6 Å². The topological polar surface area (TPSA) is 132 Å². The zero-order valence-electron chi connectivity index (χ0n) is 16.5. The number of amides is 1. The molecule has 3 heterocycles. The zero-order chi connectivity index (χ0) is 20.5. The van der Waals surface area contributed by atoms with Gasteiger partial charge < -0.3 is 26.7 Å². The third-order valence-corrected chi connectivity index (χ3v) is 5.08. The average Bonchev–Trinajstić information content (AvgIpc) is 3.41. The van der Waals surface area contributed by atoms with Gasteiger partial charge in [0.2, 0.25) is 0 Å². The van der Waals surface area contributed by atoms with Gasteiger partial charge in [0.15, 0.2) is 0 Å². The molecular weight excluding hydrogens is 366 g/mol. The van der Waals surface area contributed by atoms with Gasteiger partial charge >= 0.3 is 0 Å². The van der Waals surface area contributed by atoms with Crippen molar-refractivity contribution in [3.63, 3.8) is 0 Å². The molecule has 0 aromatic carbocycles. The molecule has 0 radical (unpaired) electrons. The lowest BCUT2D eigenvalue weighted by molar-refractivity contribution is -0.110. The van der Waals surface area contributed by atoms with Crippen LogP contribution in [-0.4, -0.2) is 34.2 Å². The number of anilines is 1. The maximum absolute atomic E-state index is 12.3. The summed E-state index contributed by atoms with van der Waals surface area (Å²) in [6, 6.07) is 4.45. The van der Waals surface area contributed by atoms with Crippen LogP contribution in [0.1, 0.15) is 32.4 Å². The Morgan fingerprint density at radius 3 is 2.83 bits per heavy atom. The van der Waals surface area contributed by atoms with E-state index in [1.807, 2.05) is 12.1 Å². The maximum Gasteiger partial charge on any atom is 0.273 e. The quantitative estimate of drug-likeness (QED) is 0.421.